The van der Waals surface area contributed by atoms with Gasteiger partial charge in [-0.05, 0) is 31.2 Å². The standard InChI is InChI=1S/C20H21N7O6/c1-2-31-20(28)33-16-7-9-25(10-8-16)18-17(27(29)30)19(23-12-22-18)32-15-5-3-14(4-6-15)26-13-21-11-24-26/h3-6,11-13,16H,2,7-10H2,1H3. The van der Waals surface area contributed by atoms with Crippen molar-refractivity contribution in [2.75, 3.05) is 24.6 Å². The maximum Gasteiger partial charge on any atom is 0.508 e. The average Bonchev–Trinajstić information content (AvgIpc) is 3.35. The number of aromatic nitrogens is 5. The molecule has 0 N–H and O–H groups in total. The molecule has 0 bridgehead atoms. The van der Waals surface area contributed by atoms with Gasteiger partial charge in [-0.3, -0.25) is 10.1 Å². The van der Waals surface area contributed by atoms with Crippen molar-refractivity contribution >= 4 is 17.7 Å². The first kappa shape index (κ1) is 21.9. The molecule has 0 aliphatic carbocycles. The van der Waals surface area contributed by atoms with E-state index >= 15 is 0 Å². The first-order chi connectivity index (χ1) is 16.0. The summed E-state index contributed by atoms with van der Waals surface area (Å²) in [6, 6.07) is 6.79. The third-order valence-corrected chi connectivity index (χ3v) is 4.95. The van der Waals surface area contributed by atoms with Crippen molar-refractivity contribution in [1.29, 1.82) is 0 Å². The van der Waals surface area contributed by atoms with E-state index in [-0.39, 0.29) is 30.1 Å². The van der Waals surface area contributed by atoms with Gasteiger partial charge >= 0.3 is 17.7 Å². The van der Waals surface area contributed by atoms with E-state index in [1.54, 1.807) is 47.1 Å². The van der Waals surface area contributed by atoms with E-state index in [0.717, 1.165) is 5.69 Å². The SMILES string of the molecule is CCOC(=O)OC1CCN(c2ncnc(Oc3ccc(-n4cncn4)cc3)c2[N+](=O)[O-])CC1. The third kappa shape index (κ3) is 5.14. The first-order valence-corrected chi connectivity index (χ1v) is 10.3. The normalized spacial score (nSPS) is 14.0. The highest BCUT2D eigenvalue weighted by Gasteiger charge is 2.32. The van der Waals surface area contributed by atoms with Gasteiger partial charge in [-0.1, -0.05) is 0 Å². The number of anilines is 1. The maximum absolute atomic E-state index is 11.9. The molecule has 0 saturated carbocycles. The first-order valence-electron chi connectivity index (χ1n) is 10.3. The number of carbonyl (C=O) groups excluding carboxylic acids is 1. The highest BCUT2D eigenvalue weighted by molar-refractivity contribution is 5.64. The summed E-state index contributed by atoms with van der Waals surface area (Å²) in [5, 5.41) is 15.9. The molecule has 4 rings (SSSR count). The van der Waals surface area contributed by atoms with Gasteiger partial charge < -0.3 is 19.1 Å². The molecule has 33 heavy (non-hydrogen) atoms. The largest absolute Gasteiger partial charge is 0.508 e. The Labute approximate surface area is 188 Å². The minimum atomic E-state index is -0.713. The minimum Gasteiger partial charge on any atom is -0.435 e. The number of nitro groups is 1. The van der Waals surface area contributed by atoms with E-state index in [2.05, 4.69) is 20.1 Å². The fraction of sp³-hybridized carbons (Fsp3) is 0.350. The van der Waals surface area contributed by atoms with Crippen molar-refractivity contribution in [3.05, 3.63) is 53.4 Å². The van der Waals surface area contributed by atoms with Crippen LogP contribution in [0.1, 0.15) is 19.8 Å². The molecule has 1 aliphatic rings. The molecule has 13 nitrogen and oxygen atoms in total. The van der Waals surface area contributed by atoms with Gasteiger partial charge in [-0.15, -0.1) is 0 Å². The van der Waals surface area contributed by atoms with Crippen LogP contribution >= 0.6 is 0 Å². The second-order valence-corrected chi connectivity index (χ2v) is 7.03. The highest BCUT2D eigenvalue weighted by Crippen LogP contribution is 2.37. The van der Waals surface area contributed by atoms with Crippen molar-refractivity contribution in [3.63, 3.8) is 0 Å². The van der Waals surface area contributed by atoms with Crippen LogP contribution in [0.15, 0.2) is 43.2 Å². The topological polar surface area (TPSA) is 148 Å². The number of piperidine rings is 1. The molecule has 3 heterocycles. The van der Waals surface area contributed by atoms with E-state index in [9.17, 15) is 14.9 Å². The predicted octanol–water partition coefficient (Wildman–Crippen LogP) is 2.90. The molecule has 0 unspecified atom stereocenters. The Morgan fingerprint density at radius 1 is 1.18 bits per heavy atom. The molecule has 172 valence electrons. The Morgan fingerprint density at radius 3 is 2.58 bits per heavy atom. The van der Waals surface area contributed by atoms with Crippen molar-refractivity contribution in [1.82, 2.24) is 24.7 Å². The molecular formula is C20H21N7O6. The van der Waals surface area contributed by atoms with Crippen molar-refractivity contribution in [2.45, 2.75) is 25.9 Å². The summed E-state index contributed by atoms with van der Waals surface area (Å²) in [7, 11) is 0. The summed E-state index contributed by atoms with van der Waals surface area (Å²) >= 11 is 0. The van der Waals surface area contributed by atoms with Crippen LogP contribution in [0.2, 0.25) is 0 Å². The smallest absolute Gasteiger partial charge is 0.435 e. The lowest BCUT2D eigenvalue weighted by atomic mass is 10.1. The average molecular weight is 455 g/mol. The Balaban J connectivity index is 1.48. The second-order valence-electron chi connectivity index (χ2n) is 7.03. The molecule has 0 radical (unpaired) electrons. The number of hydrogen-bond donors (Lipinski definition) is 0. The summed E-state index contributed by atoms with van der Waals surface area (Å²) < 4.78 is 17.3. The molecule has 1 aromatic carbocycles. The minimum absolute atomic E-state index is 0.152. The van der Waals surface area contributed by atoms with E-state index in [0.29, 0.717) is 31.7 Å². The Bertz CT molecular complexity index is 1100. The maximum atomic E-state index is 11.9. The Morgan fingerprint density at radius 2 is 1.94 bits per heavy atom. The fourth-order valence-electron chi connectivity index (χ4n) is 3.41. The van der Waals surface area contributed by atoms with Crippen LogP contribution in [0.25, 0.3) is 5.69 Å². The van der Waals surface area contributed by atoms with Crippen LogP contribution in [-0.2, 0) is 9.47 Å². The zero-order chi connectivity index (χ0) is 23.2. The van der Waals surface area contributed by atoms with Crippen LogP contribution < -0.4 is 9.64 Å². The second kappa shape index (κ2) is 9.89. The Hall–Kier alpha value is -4.29. The molecular weight excluding hydrogens is 434 g/mol. The molecule has 1 fully saturated rings. The summed E-state index contributed by atoms with van der Waals surface area (Å²) in [5.41, 5.74) is 0.424. The molecule has 0 amide bonds. The molecule has 0 spiro atoms. The zero-order valence-electron chi connectivity index (χ0n) is 17.7. The van der Waals surface area contributed by atoms with Crippen LogP contribution in [0.5, 0.6) is 11.6 Å². The van der Waals surface area contributed by atoms with Gasteiger partial charge in [0, 0.05) is 25.9 Å². The van der Waals surface area contributed by atoms with Gasteiger partial charge in [0.2, 0.25) is 5.82 Å². The summed E-state index contributed by atoms with van der Waals surface area (Å²) in [6.07, 6.45) is 4.14. The van der Waals surface area contributed by atoms with E-state index in [4.69, 9.17) is 14.2 Å². The molecule has 0 atom stereocenters. The van der Waals surface area contributed by atoms with E-state index in [1.807, 2.05) is 0 Å². The molecule has 1 aliphatic heterocycles. The van der Waals surface area contributed by atoms with Crippen molar-refractivity contribution in [3.8, 4) is 17.3 Å². The quantitative estimate of drug-likeness (QED) is 0.294. The van der Waals surface area contributed by atoms with Crippen LogP contribution in [0, 0.1) is 10.1 Å². The number of rotatable bonds is 7. The molecule has 13 heteroatoms. The number of carbonyl (C=O) groups is 1. The molecule has 2 aromatic heterocycles. The zero-order valence-corrected chi connectivity index (χ0v) is 17.7. The highest BCUT2D eigenvalue weighted by atomic mass is 16.7. The van der Waals surface area contributed by atoms with Crippen molar-refractivity contribution in [2.24, 2.45) is 0 Å². The van der Waals surface area contributed by atoms with Gasteiger partial charge in [0.15, 0.2) is 0 Å². The fourth-order valence-corrected chi connectivity index (χ4v) is 3.41. The number of benzene rings is 1. The number of nitrogens with zero attached hydrogens (tertiary/aromatic N) is 7. The molecule has 3 aromatic rings. The van der Waals surface area contributed by atoms with Gasteiger partial charge in [-0.25, -0.2) is 19.4 Å². The number of hydrogen-bond acceptors (Lipinski definition) is 11. The summed E-state index contributed by atoms with van der Waals surface area (Å²) in [6.45, 7) is 2.75. The summed E-state index contributed by atoms with van der Waals surface area (Å²) in [4.78, 5) is 36.6. The van der Waals surface area contributed by atoms with Gasteiger partial charge in [0.25, 0.3) is 0 Å². The Kier molecular flexibility index (Phi) is 6.57. The van der Waals surface area contributed by atoms with E-state index < -0.39 is 11.1 Å². The molecule has 1 saturated heterocycles. The lowest BCUT2D eigenvalue weighted by molar-refractivity contribution is -0.385. The van der Waals surface area contributed by atoms with Crippen LogP contribution in [0.3, 0.4) is 0 Å². The van der Waals surface area contributed by atoms with Gasteiger partial charge in [-0.2, -0.15) is 10.1 Å². The monoisotopic (exact) mass is 455 g/mol. The number of ether oxygens (including phenoxy) is 3. The van der Waals surface area contributed by atoms with Gasteiger partial charge in [0.05, 0.1) is 17.2 Å². The predicted molar refractivity (Wildman–Crippen MR) is 113 cm³/mol. The lowest BCUT2D eigenvalue weighted by Crippen LogP contribution is -2.38. The lowest BCUT2D eigenvalue weighted by Gasteiger charge is -2.31. The van der Waals surface area contributed by atoms with Crippen molar-refractivity contribution < 1.29 is 23.9 Å². The van der Waals surface area contributed by atoms with Crippen LogP contribution in [0.4, 0.5) is 16.3 Å². The summed E-state index contributed by atoms with van der Waals surface area (Å²) in [5.74, 6) is 0.357. The third-order valence-electron chi connectivity index (χ3n) is 4.95. The van der Waals surface area contributed by atoms with E-state index in [1.165, 1.54) is 12.7 Å². The van der Waals surface area contributed by atoms with Gasteiger partial charge in [0.1, 0.15) is 30.8 Å². The van der Waals surface area contributed by atoms with Crippen LogP contribution in [-0.4, -0.2) is 61.6 Å².